The Bertz CT molecular complexity index is 577. The molecule has 1 atom stereocenters. The summed E-state index contributed by atoms with van der Waals surface area (Å²) in [5.74, 6) is 1.19. The molecule has 0 radical (unpaired) electrons. The highest BCUT2D eigenvalue weighted by Crippen LogP contribution is 2.32. The van der Waals surface area contributed by atoms with E-state index in [1.54, 1.807) is 12.1 Å². The van der Waals surface area contributed by atoms with Gasteiger partial charge in [-0.25, -0.2) is 4.68 Å². The van der Waals surface area contributed by atoms with E-state index >= 15 is 0 Å². The minimum absolute atomic E-state index is 0.215. The zero-order valence-electron chi connectivity index (χ0n) is 12.0. The smallest absolute Gasteiger partial charge is 0.183 e. The lowest BCUT2D eigenvalue weighted by molar-refractivity contribution is 0.309. The van der Waals surface area contributed by atoms with Gasteiger partial charge in [0.25, 0.3) is 0 Å². The molecule has 0 spiro atoms. The van der Waals surface area contributed by atoms with Crippen LogP contribution in [-0.2, 0) is 0 Å². The van der Waals surface area contributed by atoms with Gasteiger partial charge in [-0.1, -0.05) is 38.3 Å². The van der Waals surface area contributed by atoms with Gasteiger partial charge in [0.15, 0.2) is 5.82 Å². The maximum absolute atomic E-state index is 6.25. The molecule has 5 nitrogen and oxygen atoms in total. The van der Waals surface area contributed by atoms with E-state index in [0.29, 0.717) is 22.5 Å². The molecule has 2 aromatic rings. The number of anilines is 1. The summed E-state index contributed by atoms with van der Waals surface area (Å²) >= 11 is 6.25. The van der Waals surface area contributed by atoms with E-state index in [4.69, 9.17) is 17.3 Å². The van der Waals surface area contributed by atoms with Crippen LogP contribution in [0.2, 0.25) is 5.02 Å². The molecule has 1 heterocycles. The lowest BCUT2D eigenvalue weighted by Gasteiger charge is -2.22. The van der Waals surface area contributed by atoms with Crippen molar-refractivity contribution in [1.29, 1.82) is 0 Å². The zero-order valence-corrected chi connectivity index (χ0v) is 12.8. The van der Waals surface area contributed by atoms with Gasteiger partial charge < -0.3 is 5.73 Å². The summed E-state index contributed by atoms with van der Waals surface area (Å²) in [6, 6.07) is 5.56. The molecule has 0 fully saturated rings. The predicted octanol–water partition coefficient (Wildman–Crippen LogP) is 3.57. The molecule has 20 heavy (non-hydrogen) atoms. The van der Waals surface area contributed by atoms with Crippen molar-refractivity contribution < 1.29 is 0 Å². The Hall–Kier alpha value is -1.62. The van der Waals surface area contributed by atoms with E-state index < -0.39 is 0 Å². The summed E-state index contributed by atoms with van der Waals surface area (Å²) in [7, 11) is 0. The fourth-order valence-electron chi connectivity index (χ4n) is 2.53. The largest absolute Gasteiger partial charge is 0.399 e. The second kappa shape index (κ2) is 6.22. The Morgan fingerprint density at radius 2 is 2.00 bits per heavy atom. The summed E-state index contributed by atoms with van der Waals surface area (Å²) < 4.78 is 1.85. The van der Waals surface area contributed by atoms with E-state index in [0.717, 1.165) is 18.4 Å². The molecule has 0 saturated heterocycles. The number of nitrogen functional groups attached to an aromatic ring is 1. The first kappa shape index (κ1) is 14.8. The SMILES string of the molecule is CCC(CC)C(C)n1nnnc1-c1cc(N)ccc1Cl. The summed E-state index contributed by atoms with van der Waals surface area (Å²) in [5, 5.41) is 12.7. The Labute approximate surface area is 124 Å². The van der Waals surface area contributed by atoms with E-state index in [9.17, 15) is 0 Å². The van der Waals surface area contributed by atoms with Crippen molar-refractivity contribution >= 4 is 17.3 Å². The van der Waals surface area contributed by atoms with Gasteiger partial charge in [0.05, 0.1) is 11.1 Å². The normalized spacial score (nSPS) is 12.8. The second-order valence-electron chi connectivity index (χ2n) is 5.00. The van der Waals surface area contributed by atoms with Gasteiger partial charge in [-0.3, -0.25) is 0 Å². The van der Waals surface area contributed by atoms with E-state index in [1.807, 2.05) is 10.7 Å². The standard InChI is InChI=1S/C14H20ClN5/c1-4-10(5-2)9(3)20-14(17-18-19-20)12-8-11(16)6-7-13(12)15/h6-10H,4-5,16H2,1-3H3. The second-order valence-corrected chi connectivity index (χ2v) is 5.41. The molecule has 6 heteroatoms. The molecular formula is C14H20ClN5. The number of nitrogens with zero attached hydrogens (tertiary/aromatic N) is 4. The number of benzene rings is 1. The van der Waals surface area contributed by atoms with Crippen molar-refractivity contribution in [2.24, 2.45) is 5.92 Å². The van der Waals surface area contributed by atoms with Crippen molar-refractivity contribution in [3.8, 4) is 11.4 Å². The van der Waals surface area contributed by atoms with Crippen LogP contribution in [0.1, 0.15) is 39.7 Å². The first-order valence-electron chi connectivity index (χ1n) is 6.91. The molecule has 1 aromatic heterocycles. The van der Waals surface area contributed by atoms with Gasteiger partial charge in [-0.15, -0.1) is 5.10 Å². The lowest BCUT2D eigenvalue weighted by atomic mass is 9.95. The molecule has 0 aliphatic heterocycles. The van der Waals surface area contributed by atoms with Crippen LogP contribution in [0.4, 0.5) is 5.69 Å². The third-order valence-electron chi connectivity index (χ3n) is 3.84. The maximum atomic E-state index is 6.25. The number of rotatable bonds is 5. The molecule has 0 aliphatic rings. The molecule has 1 aromatic carbocycles. The first-order valence-corrected chi connectivity index (χ1v) is 7.29. The van der Waals surface area contributed by atoms with Crippen LogP contribution in [0.25, 0.3) is 11.4 Å². The first-order chi connectivity index (χ1) is 9.58. The Balaban J connectivity index is 2.45. The minimum atomic E-state index is 0.215. The molecule has 0 aliphatic carbocycles. The number of tetrazole rings is 1. The van der Waals surface area contributed by atoms with Crippen molar-refractivity contribution in [3.63, 3.8) is 0 Å². The summed E-state index contributed by atoms with van der Waals surface area (Å²) in [5.41, 5.74) is 7.26. The van der Waals surface area contributed by atoms with Crippen LogP contribution in [0, 0.1) is 5.92 Å². The number of hydrogen-bond donors (Lipinski definition) is 1. The molecule has 2 N–H and O–H groups in total. The van der Waals surface area contributed by atoms with Gasteiger partial charge in [0, 0.05) is 11.3 Å². The van der Waals surface area contributed by atoms with Crippen molar-refractivity contribution in [1.82, 2.24) is 20.2 Å². The Kier molecular flexibility index (Phi) is 4.60. The van der Waals surface area contributed by atoms with Crippen molar-refractivity contribution in [3.05, 3.63) is 23.2 Å². The highest BCUT2D eigenvalue weighted by atomic mass is 35.5. The van der Waals surface area contributed by atoms with Crippen molar-refractivity contribution in [2.45, 2.75) is 39.7 Å². The van der Waals surface area contributed by atoms with Crippen LogP contribution in [0.5, 0.6) is 0 Å². The van der Waals surface area contributed by atoms with E-state index in [2.05, 4.69) is 36.3 Å². The highest BCUT2D eigenvalue weighted by Gasteiger charge is 2.22. The van der Waals surface area contributed by atoms with Crippen molar-refractivity contribution in [2.75, 3.05) is 5.73 Å². The van der Waals surface area contributed by atoms with Gasteiger partial charge in [-0.05, 0) is 41.5 Å². The monoisotopic (exact) mass is 293 g/mol. The zero-order chi connectivity index (χ0) is 14.7. The molecule has 0 bridgehead atoms. The summed E-state index contributed by atoms with van der Waals surface area (Å²) in [6.07, 6.45) is 2.17. The number of aromatic nitrogens is 4. The minimum Gasteiger partial charge on any atom is -0.399 e. The predicted molar refractivity (Wildman–Crippen MR) is 81.5 cm³/mol. The molecular weight excluding hydrogens is 274 g/mol. The maximum Gasteiger partial charge on any atom is 0.183 e. The van der Waals surface area contributed by atoms with Gasteiger partial charge >= 0.3 is 0 Å². The third kappa shape index (κ3) is 2.77. The fraction of sp³-hybridized carbons (Fsp3) is 0.500. The van der Waals surface area contributed by atoms with Crippen LogP contribution in [0.3, 0.4) is 0 Å². The number of halogens is 1. The van der Waals surface area contributed by atoms with Gasteiger partial charge in [0.1, 0.15) is 0 Å². The third-order valence-corrected chi connectivity index (χ3v) is 4.17. The number of nitrogens with two attached hydrogens (primary N) is 1. The summed E-state index contributed by atoms with van der Waals surface area (Å²) in [4.78, 5) is 0. The van der Waals surface area contributed by atoms with Crippen LogP contribution in [-0.4, -0.2) is 20.2 Å². The fourth-order valence-corrected chi connectivity index (χ4v) is 2.73. The van der Waals surface area contributed by atoms with E-state index in [1.165, 1.54) is 0 Å². The lowest BCUT2D eigenvalue weighted by Crippen LogP contribution is -2.18. The molecule has 0 amide bonds. The van der Waals surface area contributed by atoms with Crippen LogP contribution >= 0.6 is 11.6 Å². The van der Waals surface area contributed by atoms with E-state index in [-0.39, 0.29) is 6.04 Å². The average molecular weight is 294 g/mol. The topological polar surface area (TPSA) is 69.6 Å². The number of hydrogen-bond acceptors (Lipinski definition) is 4. The highest BCUT2D eigenvalue weighted by molar-refractivity contribution is 6.33. The molecule has 0 saturated carbocycles. The molecule has 108 valence electrons. The summed E-state index contributed by atoms with van der Waals surface area (Å²) in [6.45, 7) is 6.50. The van der Waals surface area contributed by atoms with Gasteiger partial charge in [-0.2, -0.15) is 0 Å². The van der Waals surface area contributed by atoms with Crippen LogP contribution in [0.15, 0.2) is 18.2 Å². The average Bonchev–Trinajstić information content (AvgIpc) is 2.91. The van der Waals surface area contributed by atoms with Gasteiger partial charge in [0.2, 0.25) is 0 Å². The van der Waals surface area contributed by atoms with Crippen LogP contribution < -0.4 is 5.73 Å². The Morgan fingerprint density at radius 3 is 2.65 bits per heavy atom. The molecule has 1 unspecified atom stereocenters. The Morgan fingerprint density at radius 1 is 1.30 bits per heavy atom. The molecule has 2 rings (SSSR count). The quantitative estimate of drug-likeness (QED) is 0.856.